The van der Waals surface area contributed by atoms with E-state index in [0.717, 1.165) is 37.8 Å². The van der Waals surface area contributed by atoms with E-state index in [2.05, 4.69) is 46.8 Å². The van der Waals surface area contributed by atoms with Crippen molar-refractivity contribution >= 4 is 59.6 Å². The average molecular weight is 619 g/mol. The summed E-state index contributed by atoms with van der Waals surface area (Å²) in [7, 11) is -8.56. The van der Waals surface area contributed by atoms with Gasteiger partial charge in [0, 0.05) is 41.5 Å². The Morgan fingerprint density at radius 2 is 1.79 bits per heavy atom. The normalized spacial score (nSPS) is 19.2. The van der Waals surface area contributed by atoms with Crippen molar-refractivity contribution in [2.75, 3.05) is 18.1 Å². The number of aromatic nitrogens is 1. The first kappa shape index (κ1) is 32.6. The van der Waals surface area contributed by atoms with Gasteiger partial charge in [0.2, 0.25) is 5.52 Å². The van der Waals surface area contributed by atoms with Gasteiger partial charge >= 0.3 is 29.6 Å². The minimum atomic E-state index is -4.29. The van der Waals surface area contributed by atoms with Gasteiger partial charge in [-0.3, -0.25) is 0 Å². The Kier molecular flexibility index (Phi) is 11.1. The van der Waals surface area contributed by atoms with Crippen molar-refractivity contribution < 1.29 is 60.1 Å². The van der Waals surface area contributed by atoms with Crippen LogP contribution in [0.4, 0.5) is 0 Å². The molecular weight excluding hydrogens is 588 g/mol. The molecule has 2 heterocycles. The fraction of sp³-hybridized carbons (Fsp3) is 0.423. The maximum atomic E-state index is 11.2. The molecule has 1 atom stereocenters. The summed E-state index contributed by atoms with van der Waals surface area (Å²) in [5, 5.41) is 1.95. The third kappa shape index (κ3) is 9.01. The number of nitrogens with zero attached hydrogens (tertiary/aromatic N) is 2. The molecule has 1 aromatic heterocycles. The van der Waals surface area contributed by atoms with E-state index in [1.54, 1.807) is 23.1 Å². The fourth-order valence-electron chi connectivity index (χ4n) is 4.68. The number of benzene rings is 1. The second kappa shape index (κ2) is 13.3. The van der Waals surface area contributed by atoms with E-state index in [0.29, 0.717) is 13.1 Å². The number of hydrogen-bond acceptors (Lipinski definition) is 9. The second-order valence-electron chi connectivity index (χ2n) is 9.76. The van der Waals surface area contributed by atoms with Crippen LogP contribution < -0.4 is 34.1 Å². The molecule has 1 unspecified atom stereocenters. The van der Waals surface area contributed by atoms with Crippen molar-refractivity contribution in [3.8, 4) is 0 Å². The summed E-state index contributed by atoms with van der Waals surface area (Å²) in [6.07, 6.45) is 9.68. The second-order valence-corrected chi connectivity index (χ2v) is 15.0. The van der Waals surface area contributed by atoms with E-state index in [1.807, 2.05) is 26.0 Å². The number of aryl methyl sites for hydroxylation is 2. The monoisotopic (exact) mass is 618 g/mol. The number of allylic oxidation sites excluding steroid dienone is 4. The molecule has 1 aliphatic carbocycles. The van der Waals surface area contributed by atoms with Crippen LogP contribution in [0.5, 0.6) is 0 Å². The molecule has 0 bridgehead atoms. The van der Waals surface area contributed by atoms with Crippen molar-refractivity contribution in [2.45, 2.75) is 52.6 Å². The third-order valence-electron chi connectivity index (χ3n) is 6.42. The summed E-state index contributed by atoms with van der Waals surface area (Å²) in [5.41, 5.74) is 4.31. The topological polar surface area (TPSA) is 122 Å². The van der Waals surface area contributed by atoms with Crippen molar-refractivity contribution in [1.82, 2.24) is 4.90 Å². The minimum absolute atomic E-state index is 0. The van der Waals surface area contributed by atoms with Crippen LogP contribution >= 0.6 is 23.1 Å². The average Bonchev–Trinajstić information content (AvgIpc) is 3.29. The molecule has 2 aromatic rings. The SMILES string of the molecule is CC(=Cc1sc2ccc(C)cc2[n+]1CCCS(=O)(=O)[O-])C=C1SC2=CC=C(C)CC2N1CCCS(=O)(=O)[O-].[Na+]. The van der Waals surface area contributed by atoms with Crippen LogP contribution in [-0.2, 0) is 26.8 Å². The van der Waals surface area contributed by atoms with Gasteiger partial charge in [0.05, 0.1) is 31.3 Å². The molecule has 0 N–H and O–H groups in total. The van der Waals surface area contributed by atoms with E-state index in [9.17, 15) is 25.9 Å². The fourth-order valence-corrected chi connectivity index (χ4v) is 8.13. The van der Waals surface area contributed by atoms with Gasteiger partial charge in [-0.15, -0.1) is 0 Å². The molecule has 1 fully saturated rings. The molecule has 4 rings (SSSR count). The first-order chi connectivity index (χ1) is 17.8. The number of fused-ring (bicyclic) bond motifs is 2. The van der Waals surface area contributed by atoms with Gasteiger partial charge < -0.3 is 14.0 Å². The molecule has 13 heteroatoms. The molecular formula is C26H31N2NaO6S4. The quantitative estimate of drug-likeness (QED) is 0.222. The van der Waals surface area contributed by atoms with Crippen LogP contribution in [0.2, 0.25) is 0 Å². The first-order valence-corrected chi connectivity index (χ1v) is 17.1. The zero-order valence-corrected chi connectivity index (χ0v) is 27.8. The molecule has 0 saturated carbocycles. The number of rotatable bonds is 10. The third-order valence-corrected chi connectivity index (χ3v) is 10.3. The molecule has 1 aliphatic heterocycles. The summed E-state index contributed by atoms with van der Waals surface area (Å²) in [5.74, 6) is -0.804. The largest absolute Gasteiger partial charge is 1.00 e. The molecule has 1 saturated heterocycles. The van der Waals surface area contributed by atoms with Gasteiger partial charge in [-0.2, -0.15) is 4.57 Å². The van der Waals surface area contributed by atoms with Gasteiger partial charge in [-0.05, 0) is 56.9 Å². The Morgan fingerprint density at radius 3 is 2.49 bits per heavy atom. The summed E-state index contributed by atoms with van der Waals surface area (Å²) < 4.78 is 70.2. The molecule has 0 radical (unpaired) electrons. The van der Waals surface area contributed by atoms with E-state index < -0.39 is 31.7 Å². The number of hydrogen-bond donors (Lipinski definition) is 0. The van der Waals surface area contributed by atoms with Crippen LogP contribution in [0.1, 0.15) is 43.7 Å². The first-order valence-electron chi connectivity index (χ1n) is 12.3. The molecule has 8 nitrogen and oxygen atoms in total. The predicted molar refractivity (Wildman–Crippen MR) is 151 cm³/mol. The van der Waals surface area contributed by atoms with Crippen LogP contribution in [0.3, 0.4) is 0 Å². The zero-order chi connectivity index (χ0) is 27.7. The van der Waals surface area contributed by atoms with Crippen molar-refractivity contribution in [2.24, 2.45) is 0 Å². The summed E-state index contributed by atoms with van der Waals surface area (Å²) >= 11 is 3.26. The Morgan fingerprint density at radius 1 is 1.10 bits per heavy atom. The smallest absolute Gasteiger partial charge is 0.748 e. The Bertz CT molecular complexity index is 1570. The van der Waals surface area contributed by atoms with Crippen molar-refractivity contribution in [3.63, 3.8) is 0 Å². The Labute approximate surface area is 261 Å². The van der Waals surface area contributed by atoms with Crippen LogP contribution in [0.15, 0.2) is 57.5 Å². The van der Waals surface area contributed by atoms with Gasteiger partial charge in [-0.1, -0.05) is 46.9 Å². The van der Waals surface area contributed by atoms with E-state index in [4.69, 9.17) is 0 Å². The molecule has 206 valence electrons. The van der Waals surface area contributed by atoms with E-state index >= 15 is 0 Å². The predicted octanol–water partition coefficient (Wildman–Crippen LogP) is 1.27. The van der Waals surface area contributed by atoms with Crippen LogP contribution in [0.25, 0.3) is 16.3 Å². The van der Waals surface area contributed by atoms with Crippen LogP contribution in [0, 0.1) is 6.92 Å². The molecule has 0 amide bonds. The maximum absolute atomic E-state index is 11.2. The minimum Gasteiger partial charge on any atom is -0.748 e. The van der Waals surface area contributed by atoms with E-state index in [-0.39, 0.29) is 48.4 Å². The molecule has 39 heavy (non-hydrogen) atoms. The summed E-state index contributed by atoms with van der Waals surface area (Å²) in [4.78, 5) is 3.39. The zero-order valence-electron chi connectivity index (χ0n) is 22.5. The summed E-state index contributed by atoms with van der Waals surface area (Å²) in [6, 6.07) is 6.28. The summed E-state index contributed by atoms with van der Waals surface area (Å²) in [6.45, 7) is 6.95. The molecule has 2 aliphatic rings. The Hall–Kier alpha value is -0.960. The molecule has 1 aromatic carbocycles. The molecule has 0 spiro atoms. The number of thiazole rings is 1. The standard InChI is InChI=1S/C26H32N2O6S4.Na/c1-18-6-8-23-21(14-18)27(10-4-12-37(29,30)31)25(35-23)16-20(3)17-26-28(11-5-13-38(32,33)34)22-15-19(2)7-9-24(22)36-26;/h6-9,14,16-17,22H,4-5,10-13,15H2,1-3H3,(H-,29,30,31,32,33,34);/q;+1/p-1. The van der Waals surface area contributed by atoms with Crippen molar-refractivity contribution in [3.05, 3.63) is 68.1 Å². The van der Waals surface area contributed by atoms with E-state index in [1.165, 1.54) is 10.5 Å². The van der Waals surface area contributed by atoms with Gasteiger partial charge in [0.25, 0.3) is 5.01 Å². The Balaban J connectivity index is 0.00000420. The van der Waals surface area contributed by atoms with Gasteiger partial charge in [0.1, 0.15) is 4.70 Å². The van der Waals surface area contributed by atoms with Gasteiger partial charge in [0.15, 0.2) is 6.54 Å². The maximum Gasteiger partial charge on any atom is 1.00 e. The number of thioether (sulfide) groups is 1. The van der Waals surface area contributed by atoms with Crippen LogP contribution in [-0.4, -0.2) is 54.9 Å². The van der Waals surface area contributed by atoms with Crippen molar-refractivity contribution in [1.29, 1.82) is 0 Å². The van der Waals surface area contributed by atoms with Gasteiger partial charge in [-0.25, -0.2) is 16.8 Å².